The summed E-state index contributed by atoms with van der Waals surface area (Å²) in [6.45, 7) is 9.75. The zero-order valence-corrected chi connectivity index (χ0v) is 17.5. The fourth-order valence-electron chi connectivity index (χ4n) is 2.46. The van der Waals surface area contributed by atoms with Gasteiger partial charge >= 0.3 is 5.97 Å². The highest BCUT2D eigenvalue weighted by atomic mass is 28.3. The molecule has 0 aliphatic heterocycles. The number of carbonyl (C=O) groups excluding carboxylic acids is 1. The number of pyridine rings is 1. The number of hydrogen-bond donors (Lipinski definition) is 1. The van der Waals surface area contributed by atoms with Gasteiger partial charge in [0.2, 0.25) is 5.56 Å². The molecule has 0 atom stereocenters. The standard InChI is InChI=1S/C20H27NO5Si/c1-14-10-15(17-11-16(20(23)24-2)12-19(22)21-17)6-7-18(14)26-13-25-8-9-27(3,4)5/h6-7,10-12H,8-9,13H2,1-5H3,(H,21,22). The van der Waals surface area contributed by atoms with Crippen LogP contribution in [0.4, 0.5) is 0 Å². The number of aryl methyl sites for hydroxylation is 1. The summed E-state index contributed by atoms with van der Waals surface area (Å²) < 4.78 is 15.9. The van der Waals surface area contributed by atoms with Gasteiger partial charge in [-0.05, 0) is 48.4 Å². The average Bonchev–Trinajstić information content (AvgIpc) is 2.60. The lowest BCUT2D eigenvalue weighted by molar-refractivity contribution is 0.0216. The van der Waals surface area contributed by atoms with Crippen LogP contribution in [0, 0.1) is 6.92 Å². The van der Waals surface area contributed by atoms with Crippen molar-refractivity contribution in [3.05, 3.63) is 51.8 Å². The van der Waals surface area contributed by atoms with Crippen LogP contribution in [-0.2, 0) is 9.47 Å². The van der Waals surface area contributed by atoms with E-state index in [0.717, 1.165) is 22.9 Å². The van der Waals surface area contributed by atoms with E-state index in [1.54, 1.807) is 6.07 Å². The number of ether oxygens (including phenoxy) is 3. The molecule has 0 amide bonds. The van der Waals surface area contributed by atoms with Gasteiger partial charge in [0.1, 0.15) is 5.75 Å². The van der Waals surface area contributed by atoms with Gasteiger partial charge in [0.25, 0.3) is 0 Å². The molecular weight excluding hydrogens is 362 g/mol. The number of methoxy groups -OCH3 is 1. The van der Waals surface area contributed by atoms with Gasteiger partial charge in [-0.1, -0.05) is 19.6 Å². The van der Waals surface area contributed by atoms with Crippen molar-refractivity contribution >= 4 is 14.0 Å². The Hall–Kier alpha value is -2.38. The number of H-pyrrole nitrogens is 1. The van der Waals surface area contributed by atoms with Crippen LogP contribution in [0.5, 0.6) is 5.75 Å². The van der Waals surface area contributed by atoms with E-state index >= 15 is 0 Å². The average molecular weight is 390 g/mol. The van der Waals surface area contributed by atoms with Crippen LogP contribution in [-0.4, -0.2) is 39.5 Å². The molecule has 1 aromatic carbocycles. The van der Waals surface area contributed by atoms with E-state index in [9.17, 15) is 9.59 Å². The van der Waals surface area contributed by atoms with Crippen molar-refractivity contribution in [2.75, 3.05) is 20.5 Å². The molecule has 27 heavy (non-hydrogen) atoms. The zero-order chi connectivity index (χ0) is 20.0. The van der Waals surface area contributed by atoms with E-state index in [0.29, 0.717) is 12.3 Å². The first-order chi connectivity index (χ1) is 12.7. The summed E-state index contributed by atoms with van der Waals surface area (Å²) in [5.41, 5.74) is 2.09. The SMILES string of the molecule is COC(=O)c1cc(-c2ccc(OCOCC[Si](C)(C)C)c(C)c2)[nH]c(=O)c1. The van der Waals surface area contributed by atoms with Crippen molar-refractivity contribution in [3.63, 3.8) is 0 Å². The van der Waals surface area contributed by atoms with Crippen LogP contribution < -0.4 is 10.3 Å². The van der Waals surface area contributed by atoms with Crippen LogP contribution in [0.25, 0.3) is 11.3 Å². The Bertz CT molecular complexity index is 854. The molecule has 0 radical (unpaired) electrons. The molecule has 7 heteroatoms. The number of hydrogen-bond acceptors (Lipinski definition) is 5. The predicted octanol–water partition coefficient (Wildman–Crippen LogP) is 3.83. The van der Waals surface area contributed by atoms with Crippen LogP contribution >= 0.6 is 0 Å². The summed E-state index contributed by atoms with van der Waals surface area (Å²) in [6, 6.07) is 9.47. The van der Waals surface area contributed by atoms with Gasteiger partial charge in [0.15, 0.2) is 6.79 Å². The molecular formula is C20H27NO5Si. The number of aromatic amines is 1. The lowest BCUT2D eigenvalue weighted by Crippen LogP contribution is -2.22. The second kappa shape index (κ2) is 9.01. The Morgan fingerprint density at radius 1 is 1.15 bits per heavy atom. The third kappa shape index (κ3) is 6.37. The number of aromatic nitrogens is 1. The quantitative estimate of drug-likeness (QED) is 0.321. The Kier molecular flexibility index (Phi) is 6.98. The minimum atomic E-state index is -1.11. The second-order valence-corrected chi connectivity index (χ2v) is 13.2. The van der Waals surface area contributed by atoms with Gasteiger partial charge in [0.05, 0.1) is 12.7 Å². The molecule has 0 aliphatic carbocycles. The molecule has 2 aromatic rings. The van der Waals surface area contributed by atoms with Crippen LogP contribution in [0.1, 0.15) is 15.9 Å². The highest BCUT2D eigenvalue weighted by molar-refractivity contribution is 6.76. The van der Waals surface area contributed by atoms with Gasteiger partial charge in [-0.3, -0.25) is 4.79 Å². The van der Waals surface area contributed by atoms with Crippen molar-refractivity contribution < 1.29 is 19.0 Å². The summed E-state index contributed by atoms with van der Waals surface area (Å²) in [4.78, 5) is 26.3. The third-order valence-electron chi connectivity index (χ3n) is 4.05. The monoisotopic (exact) mass is 389 g/mol. The van der Waals surface area contributed by atoms with Crippen molar-refractivity contribution in [2.24, 2.45) is 0 Å². The summed E-state index contributed by atoms with van der Waals surface area (Å²) in [5.74, 6) is 0.174. The van der Waals surface area contributed by atoms with E-state index in [4.69, 9.17) is 9.47 Å². The molecule has 2 rings (SSSR count). The normalized spacial score (nSPS) is 11.3. The molecule has 0 aliphatic rings. The van der Waals surface area contributed by atoms with Crippen LogP contribution in [0.3, 0.4) is 0 Å². The first-order valence-electron chi connectivity index (χ1n) is 8.84. The van der Waals surface area contributed by atoms with Crippen LogP contribution in [0.2, 0.25) is 25.7 Å². The summed E-state index contributed by atoms with van der Waals surface area (Å²) >= 11 is 0. The molecule has 6 nitrogen and oxygen atoms in total. The van der Waals surface area contributed by atoms with Crippen molar-refractivity contribution in [1.29, 1.82) is 0 Å². The summed E-state index contributed by atoms with van der Waals surface area (Å²) in [5, 5.41) is 0. The lowest BCUT2D eigenvalue weighted by Gasteiger charge is -2.16. The zero-order valence-electron chi connectivity index (χ0n) is 16.5. The Balaban J connectivity index is 2.07. The molecule has 1 N–H and O–H groups in total. The van der Waals surface area contributed by atoms with E-state index in [1.807, 2.05) is 25.1 Å². The topological polar surface area (TPSA) is 77.6 Å². The highest BCUT2D eigenvalue weighted by Crippen LogP contribution is 2.25. The minimum Gasteiger partial charge on any atom is -0.467 e. The molecule has 1 aromatic heterocycles. The number of nitrogens with one attached hydrogen (secondary N) is 1. The number of rotatable bonds is 8. The second-order valence-electron chi connectivity index (χ2n) is 7.60. The fraction of sp³-hybridized carbons (Fsp3) is 0.400. The molecule has 0 fully saturated rings. The number of carbonyl (C=O) groups is 1. The van der Waals surface area contributed by atoms with Crippen LogP contribution in [0.15, 0.2) is 35.1 Å². The van der Waals surface area contributed by atoms with E-state index in [-0.39, 0.29) is 17.9 Å². The third-order valence-corrected chi connectivity index (χ3v) is 5.75. The van der Waals surface area contributed by atoms with Crippen molar-refractivity contribution in [1.82, 2.24) is 4.98 Å². The fourth-order valence-corrected chi connectivity index (χ4v) is 3.21. The Labute approximate surface area is 160 Å². The number of benzene rings is 1. The predicted molar refractivity (Wildman–Crippen MR) is 108 cm³/mol. The molecule has 0 spiro atoms. The van der Waals surface area contributed by atoms with Gasteiger partial charge in [-0.15, -0.1) is 0 Å². The molecule has 146 valence electrons. The van der Waals surface area contributed by atoms with Gasteiger partial charge < -0.3 is 19.2 Å². The van der Waals surface area contributed by atoms with Crippen molar-refractivity contribution in [2.45, 2.75) is 32.6 Å². The summed E-state index contributed by atoms with van der Waals surface area (Å²) in [7, 11) is 0.178. The minimum absolute atomic E-state index is 0.208. The molecule has 0 bridgehead atoms. The smallest absolute Gasteiger partial charge is 0.338 e. The largest absolute Gasteiger partial charge is 0.467 e. The Morgan fingerprint density at radius 2 is 1.89 bits per heavy atom. The first-order valence-corrected chi connectivity index (χ1v) is 12.5. The molecule has 1 heterocycles. The van der Waals surface area contributed by atoms with Crippen molar-refractivity contribution in [3.8, 4) is 17.0 Å². The maximum Gasteiger partial charge on any atom is 0.338 e. The van der Waals surface area contributed by atoms with Gasteiger partial charge in [0, 0.05) is 26.4 Å². The lowest BCUT2D eigenvalue weighted by atomic mass is 10.1. The Morgan fingerprint density at radius 3 is 2.52 bits per heavy atom. The van der Waals surface area contributed by atoms with Gasteiger partial charge in [-0.25, -0.2) is 4.79 Å². The van der Waals surface area contributed by atoms with Gasteiger partial charge in [-0.2, -0.15) is 0 Å². The van der Waals surface area contributed by atoms with E-state index in [2.05, 4.69) is 29.4 Å². The summed E-state index contributed by atoms with van der Waals surface area (Å²) in [6.07, 6.45) is 0. The molecule has 0 saturated carbocycles. The maximum atomic E-state index is 11.8. The van der Waals surface area contributed by atoms with E-state index in [1.165, 1.54) is 13.2 Å². The maximum absolute atomic E-state index is 11.8. The highest BCUT2D eigenvalue weighted by Gasteiger charge is 2.13. The number of esters is 1. The molecule has 0 unspecified atom stereocenters. The first kappa shape index (κ1) is 20.9. The van der Waals surface area contributed by atoms with E-state index < -0.39 is 14.0 Å². The molecule has 0 saturated heterocycles.